The Kier molecular flexibility index (Phi) is 6.34. The molecule has 152 valence electrons. The Morgan fingerprint density at radius 2 is 1.93 bits per heavy atom. The van der Waals surface area contributed by atoms with Gasteiger partial charge in [0.25, 0.3) is 5.91 Å². The second kappa shape index (κ2) is 8.03. The van der Waals surface area contributed by atoms with E-state index in [0.717, 1.165) is 18.2 Å². The molecule has 1 aromatic heterocycles. The van der Waals surface area contributed by atoms with Gasteiger partial charge in [-0.25, -0.2) is 13.1 Å². The zero-order valence-electron chi connectivity index (χ0n) is 14.3. The maximum Gasteiger partial charge on any atom is 0.426 e. The Bertz CT molecular complexity index is 967. The van der Waals surface area contributed by atoms with Gasteiger partial charge in [0.15, 0.2) is 0 Å². The smallest absolute Gasteiger partial charge is 0.373 e. The van der Waals surface area contributed by atoms with Crippen molar-refractivity contribution in [1.82, 2.24) is 9.71 Å². The number of nitrogens with zero attached hydrogens (tertiary/aromatic N) is 1. The highest BCUT2D eigenvalue weighted by Crippen LogP contribution is 2.32. The number of pyridine rings is 1. The van der Waals surface area contributed by atoms with Gasteiger partial charge in [-0.3, -0.25) is 9.78 Å². The van der Waals surface area contributed by atoms with Crippen LogP contribution in [-0.2, 0) is 21.4 Å². The highest BCUT2D eigenvalue weighted by Gasteiger charge is 2.55. The molecule has 0 radical (unpaired) electrons. The van der Waals surface area contributed by atoms with Crippen molar-refractivity contribution in [2.24, 2.45) is 0 Å². The lowest BCUT2D eigenvalue weighted by Gasteiger charge is -2.25. The van der Waals surface area contributed by atoms with Crippen LogP contribution in [0.15, 0.2) is 47.5 Å². The molecule has 1 atom stereocenters. The van der Waals surface area contributed by atoms with Gasteiger partial charge in [-0.15, -0.1) is 0 Å². The number of hydrogen-bond acceptors (Lipinski definition) is 5. The third-order valence-corrected chi connectivity index (χ3v) is 5.37. The predicted octanol–water partition coefficient (Wildman–Crippen LogP) is 2.47. The first-order chi connectivity index (χ1) is 12.8. The second-order valence-electron chi connectivity index (χ2n) is 5.81. The summed E-state index contributed by atoms with van der Waals surface area (Å²) in [6, 6.07) is 7.98. The summed E-state index contributed by atoms with van der Waals surface area (Å²) in [5.74, 6) is -1.76. The Morgan fingerprint density at radius 3 is 2.46 bits per heavy atom. The van der Waals surface area contributed by atoms with Crippen LogP contribution >= 0.6 is 11.6 Å². The minimum atomic E-state index is -5.21. The highest BCUT2D eigenvalue weighted by atomic mass is 35.5. The van der Waals surface area contributed by atoms with Crippen LogP contribution in [0.25, 0.3) is 0 Å². The van der Waals surface area contributed by atoms with Crippen LogP contribution in [0.5, 0.6) is 0 Å². The number of sulfonamides is 1. The summed E-state index contributed by atoms with van der Waals surface area (Å²) >= 11 is 5.88. The third-order valence-electron chi connectivity index (χ3n) is 3.66. The number of amides is 1. The molecule has 1 amide bonds. The maximum atomic E-state index is 12.7. The maximum absolute atomic E-state index is 12.7. The van der Waals surface area contributed by atoms with E-state index in [-0.39, 0.29) is 29.1 Å². The van der Waals surface area contributed by atoms with Crippen LogP contribution in [0.1, 0.15) is 12.6 Å². The molecule has 0 aliphatic carbocycles. The van der Waals surface area contributed by atoms with Crippen molar-refractivity contribution >= 4 is 33.2 Å². The Balaban J connectivity index is 2.16. The number of benzene rings is 1. The predicted molar refractivity (Wildman–Crippen MR) is 95.0 cm³/mol. The van der Waals surface area contributed by atoms with E-state index < -0.39 is 27.7 Å². The van der Waals surface area contributed by atoms with Crippen molar-refractivity contribution in [3.63, 3.8) is 0 Å². The third kappa shape index (κ3) is 4.98. The van der Waals surface area contributed by atoms with Gasteiger partial charge in [-0.1, -0.05) is 17.7 Å². The molecule has 1 heterocycles. The van der Waals surface area contributed by atoms with Gasteiger partial charge < -0.3 is 10.4 Å². The quantitative estimate of drug-likeness (QED) is 0.643. The number of rotatable bonds is 6. The van der Waals surface area contributed by atoms with Gasteiger partial charge in [0.2, 0.25) is 15.6 Å². The lowest BCUT2D eigenvalue weighted by Crippen LogP contribution is -2.52. The van der Waals surface area contributed by atoms with Crippen molar-refractivity contribution in [3.05, 3.63) is 53.3 Å². The highest BCUT2D eigenvalue weighted by molar-refractivity contribution is 7.89. The van der Waals surface area contributed by atoms with E-state index in [1.54, 1.807) is 18.2 Å². The lowest BCUT2D eigenvalue weighted by atomic mass is 10.1. The summed E-state index contributed by atoms with van der Waals surface area (Å²) < 4.78 is 65.0. The summed E-state index contributed by atoms with van der Waals surface area (Å²) in [6.07, 6.45) is -3.71. The van der Waals surface area contributed by atoms with Gasteiger partial charge in [0.1, 0.15) is 0 Å². The molecule has 7 nitrogen and oxygen atoms in total. The van der Waals surface area contributed by atoms with E-state index in [0.29, 0.717) is 5.69 Å². The van der Waals surface area contributed by atoms with E-state index in [9.17, 15) is 31.5 Å². The largest absolute Gasteiger partial charge is 0.426 e. The van der Waals surface area contributed by atoms with Gasteiger partial charge in [-0.05, 0) is 37.3 Å². The van der Waals surface area contributed by atoms with Crippen molar-refractivity contribution in [2.45, 2.75) is 30.1 Å². The number of aromatic nitrogens is 1. The van der Waals surface area contributed by atoms with Crippen LogP contribution in [0.2, 0.25) is 5.02 Å². The first-order valence-corrected chi connectivity index (χ1v) is 9.50. The molecule has 2 aromatic rings. The molecule has 12 heteroatoms. The average Bonchev–Trinajstić information content (AvgIpc) is 2.61. The number of nitrogens with one attached hydrogen (secondary N) is 2. The topological polar surface area (TPSA) is 108 Å². The fraction of sp³-hybridized carbons (Fsp3) is 0.250. The van der Waals surface area contributed by atoms with E-state index in [2.05, 4.69) is 9.71 Å². The molecule has 0 unspecified atom stereocenters. The number of anilines is 1. The zero-order valence-corrected chi connectivity index (χ0v) is 15.9. The van der Waals surface area contributed by atoms with Crippen LogP contribution < -0.4 is 10.0 Å². The summed E-state index contributed by atoms with van der Waals surface area (Å²) in [5, 5.41) is 10.8. The normalized spacial score (nSPS) is 14.4. The van der Waals surface area contributed by atoms with Crippen molar-refractivity contribution in [1.29, 1.82) is 0 Å². The molecular weight excluding hydrogens is 423 g/mol. The molecule has 0 aliphatic rings. The Morgan fingerprint density at radius 1 is 1.25 bits per heavy atom. The van der Waals surface area contributed by atoms with Gasteiger partial charge in [0.05, 0.1) is 27.8 Å². The van der Waals surface area contributed by atoms with Crippen molar-refractivity contribution in [3.8, 4) is 0 Å². The standard InChI is InChI=1S/C16H15ClF3N3O4S/c1-15(25,16(18,19)20)14(24)23-13-6-5-11(8-12(13)17)28(26,27)22-9-10-4-2-3-7-21-10/h2-8,22,25H,9H2,1H3,(H,23,24)/t15-/m1/s1. The summed E-state index contributed by atoms with van der Waals surface area (Å²) in [4.78, 5) is 15.4. The second-order valence-corrected chi connectivity index (χ2v) is 7.99. The number of carbonyl (C=O) groups is 1. The average molecular weight is 438 g/mol. The van der Waals surface area contributed by atoms with E-state index in [1.807, 2.05) is 5.32 Å². The Hall–Kier alpha value is -2.21. The molecule has 2 rings (SSSR count). The SMILES string of the molecule is C[C@@](O)(C(=O)Nc1ccc(S(=O)(=O)NCc2ccccn2)cc1Cl)C(F)(F)F. The molecule has 0 bridgehead atoms. The number of aliphatic hydroxyl groups is 1. The first kappa shape index (κ1) is 22.1. The molecule has 3 N–H and O–H groups in total. The van der Waals surface area contributed by atoms with Crippen LogP contribution in [0, 0.1) is 0 Å². The summed E-state index contributed by atoms with van der Waals surface area (Å²) in [6.45, 7) is 0.199. The summed E-state index contributed by atoms with van der Waals surface area (Å²) in [7, 11) is -3.99. The minimum Gasteiger partial charge on any atom is -0.373 e. The molecule has 0 fully saturated rings. The monoisotopic (exact) mass is 437 g/mol. The lowest BCUT2D eigenvalue weighted by molar-refractivity contribution is -0.242. The molecule has 0 aliphatic heterocycles. The molecule has 28 heavy (non-hydrogen) atoms. The number of alkyl halides is 3. The fourth-order valence-corrected chi connectivity index (χ4v) is 3.21. The number of carbonyl (C=O) groups excluding carboxylic acids is 1. The number of halogens is 4. The van der Waals surface area contributed by atoms with Gasteiger partial charge in [-0.2, -0.15) is 13.2 Å². The molecule has 1 aromatic carbocycles. The Labute approximate surface area is 163 Å². The van der Waals surface area contributed by atoms with E-state index in [4.69, 9.17) is 11.6 Å². The molecule has 0 saturated carbocycles. The van der Waals surface area contributed by atoms with Crippen molar-refractivity contribution < 1.29 is 31.5 Å². The van der Waals surface area contributed by atoms with Crippen LogP contribution in [0.4, 0.5) is 18.9 Å². The summed E-state index contributed by atoms with van der Waals surface area (Å²) in [5.41, 5.74) is -3.47. The molecule has 0 spiro atoms. The van der Waals surface area contributed by atoms with Gasteiger partial charge >= 0.3 is 6.18 Å². The first-order valence-electron chi connectivity index (χ1n) is 7.64. The van der Waals surface area contributed by atoms with Crippen molar-refractivity contribution in [2.75, 3.05) is 5.32 Å². The zero-order chi connectivity index (χ0) is 21.2. The van der Waals surface area contributed by atoms with Gasteiger partial charge in [0, 0.05) is 6.20 Å². The van der Waals surface area contributed by atoms with E-state index >= 15 is 0 Å². The van der Waals surface area contributed by atoms with E-state index in [1.165, 1.54) is 6.20 Å². The minimum absolute atomic E-state index is 0.0896. The molecule has 0 saturated heterocycles. The fourth-order valence-electron chi connectivity index (χ4n) is 1.89. The van der Waals surface area contributed by atoms with Crippen LogP contribution in [0.3, 0.4) is 0 Å². The number of hydrogen-bond donors (Lipinski definition) is 3. The van der Waals surface area contributed by atoms with Crippen LogP contribution in [-0.4, -0.2) is 36.2 Å². The molecular formula is C16H15ClF3N3O4S.